The highest BCUT2D eigenvalue weighted by atomic mass is 14.4. The van der Waals surface area contributed by atoms with Gasteiger partial charge in [0, 0.05) is 0 Å². The third-order valence-corrected chi connectivity index (χ3v) is 23.6. The van der Waals surface area contributed by atoms with Crippen LogP contribution in [-0.4, -0.2) is 0 Å². The molecular formula is C104H68. The zero-order valence-electron chi connectivity index (χ0n) is 58.3. The summed E-state index contributed by atoms with van der Waals surface area (Å²) >= 11 is 0. The molecule has 0 spiro atoms. The van der Waals surface area contributed by atoms with Crippen molar-refractivity contribution in [2.24, 2.45) is 0 Å². The predicted molar refractivity (Wildman–Crippen MR) is 443 cm³/mol. The van der Waals surface area contributed by atoms with Crippen LogP contribution in [0, 0.1) is 27.7 Å². The number of fused-ring (bicyclic) bond motifs is 12. The highest BCUT2D eigenvalue weighted by Crippen LogP contribution is 2.61. The van der Waals surface area contributed by atoms with Crippen molar-refractivity contribution in [1.29, 1.82) is 0 Å². The summed E-state index contributed by atoms with van der Waals surface area (Å²) in [6.07, 6.45) is 0. The fraction of sp³-hybridized carbons (Fsp3) is 0.0385. The summed E-state index contributed by atoms with van der Waals surface area (Å²) in [6, 6.07) is 127. The molecule has 0 N–H and O–H groups in total. The Morgan fingerprint density at radius 1 is 0.115 bits per heavy atom. The van der Waals surface area contributed by atoms with Crippen LogP contribution >= 0.6 is 0 Å². The second kappa shape index (κ2) is 23.3. The number of hydrogen-bond acceptors (Lipinski definition) is 0. The first-order valence-electron chi connectivity index (χ1n) is 36.6. The minimum atomic E-state index is 1.18. The van der Waals surface area contributed by atoms with E-state index < -0.39 is 0 Å². The van der Waals surface area contributed by atoms with Gasteiger partial charge in [0.25, 0.3) is 0 Å². The molecule has 0 aliphatic heterocycles. The van der Waals surface area contributed by atoms with Crippen LogP contribution in [0.1, 0.15) is 22.3 Å². The molecule has 0 radical (unpaired) electrons. The third kappa shape index (κ3) is 8.61. The number of rotatable bonds is 8. The molecule has 0 nitrogen and oxygen atoms in total. The molecular weight excluding hydrogens is 1250 g/mol. The van der Waals surface area contributed by atoms with E-state index in [9.17, 15) is 0 Å². The largest absolute Gasteiger partial charge is 0.0622 e. The van der Waals surface area contributed by atoms with Gasteiger partial charge in [0.1, 0.15) is 0 Å². The van der Waals surface area contributed by atoms with Gasteiger partial charge < -0.3 is 0 Å². The van der Waals surface area contributed by atoms with E-state index in [1.807, 2.05) is 0 Å². The van der Waals surface area contributed by atoms with Crippen molar-refractivity contribution in [3.63, 3.8) is 0 Å². The van der Waals surface area contributed by atoms with E-state index in [2.05, 4.69) is 367 Å². The molecule has 0 atom stereocenters. The highest BCUT2D eigenvalue weighted by molar-refractivity contribution is 6.27. The van der Waals surface area contributed by atoms with Gasteiger partial charge in [0.05, 0.1) is 0 Å². The van der Waals surface area contributed by atoms with Gasteiger partial charge in [-0.3, -0.25) is 0 Å². The van der Waals surface area contributed by atoms with Crippen molar-refractivity contribution < 1.29 is 0 Å². The van der Waals surface area contributed by atoms with Crippen LogP contribution in [0.5, 0.6) is 0 Å². The monoisotopic (exact) mass is 1320 g/mol. The average molecular weight is 1320 g/mol. The van der Waals surface area contributed by atoms with E-state index in [0.717, 1.165) is 0 Å². The third-order valence-electron chi connectivity index (χ3n) is 23.6. The fourth-order valence-corrected chi connectivity index (χ4v) is 19.1. The van der Waals surface area contributed by atoms with E-state index in [4.69, 9.17) is 0 Å². The summed E-state index contributed by atoms with van der Waals surface area (Å²) < 4.78 is 0. The van der Waals surface area contributed by atoms with E-state index in [1.54, 1.807) is 0 Å². The van der Waals surface area contributed by atoms with E-state index in [1.165, 1.54) is 243 Å². The van der Waals surface area contributed by atoms with Crippen molar-refractivity contribution in [2.75, 3.05) is 0 Å². The molecule has 0 heterocycles. The Hall–Kier alpha value is -13.0. The summed E-state index contributed by atoms with van der Waals surface area (Å²) in [4.78, 5) is 0. The molecule has 18 aromatic rings. The van der Waals surface area contributed by atoms with Crippen LogP contribution in [0.15, 0.2) is 340 Å². The van der Waals surface area contributed by atoms with Gasteiger partial charge in [-0.25, -0.2) is 0 Å². The van der Waals surface area contributed by atoms with Crippen LogP contribution in [0.3, 0.4) is 0 Å². The summed E-state index contributed by atoms with van der Waals surface area (Å²) in [6.45, 7) is 9.31. The van der Waals surface area contributed by atoms with E-state index in [-0.39, 0.29) is 0 Å². The maximum atomic E-state index is 2.41. The van der Waals surface area contributed by atoms with Crippen molar-refractivity contribution in [1.82, 2.24) is 0 Å². The lowest BCUT2D eigenvalue weighted by atomic mass is 9.73. The lowest BCUT2D eigenvalue weighted by Crippen LogP contribution is -2.03. The summed E-state index contributed by atoms with van der Waals surface area (Å²) in [5.41, 5.74) is 46.7. The normalized spacial score (nSPS) is 12.0. The quantitative estimate of drug-likeness (QED) is 0.142. The SMILES string of the molecule is Cc1c(C)c(-c2ccc3c4c(cccc24)-c2ccccc2-3)c(C)c(C)c1-c1ccc2c3c(cccc13)-c1ccccc1-2.c1ccc(-c2c(-c3ccccc3)c(-c3ccc4c5c(cccc35)-c3ccccc3-4)c(-c3ccccc3)c(-c3ccccc3)c2-c2ccc3c4c(cccc24)-c2ccccc2-3)cc1. The molecule has 104 heavy (non-hydrogen) atoms. The maximum absolute atomic E-state index is 2.41. The molecule has 0 fully saturated rings. The van der Waals surface area contributed by atoms with Gasteiger partial charge in [-0.15, -0.1) is 0 Å². The summed E-state index contributed by atoms with van der Waals surface area (Å²) in [5.74, 6) is 0. The standard InChI is InChI=1S/C62H38.C42H30/c1-5-19-39(20-6-1)55-56(40-21-7-2-8-22-40)62(54-38-36-52-46-30-16-14-28-44(46)48-32-18-34-50(54)60(48)52)58(42-25-11-4-12-26-42)57(41-23-9-3-10-24-41)61(55)53-37-35-51-45-29-15-13-27-43(45)47-31-17-33-49(53)59(47)51;1-23-24(2)40(38-22-20-36-30-14-8-6-12-28(30)32-16-10-18-34(38)42(32)36)26(4)25(3)39(23)37-21-19-35-29-13-7-5-11-27(29)31-15-9-17-33(37)41(31)35/h1-38H;5-22H,1-4H3. The minimum Gasteiger partial charge on any atom is -0.0622 e. The van der Waals surface area contributed by atoms with Crippen LogP contribution in [0.2, 0.25) is 0 Å². The van der Waals surface area contributed by atoms with E-state index >= 15 is 0 Å². The lowest BCUT2D eigenvalue weighted by molar-refractivity contribution is 1.25. The van der Waals surface area contributed by atoms with Gasteiger partial charge in [0.15, 0.2) is 0 Å². The van der Waals surface area contributed by atoms with Gasteiger partial charge in [-0.2, -0.15) is 0 Å². The van der Waals surface area contributed by atoms with Gasteiger partial charge >= 0.3 is 0 Å². The minimum absolute atomic E-state index is 1.18. The summed E-state index contributed by atoms with van der Waals surface area (Å²) in [7, 11) is 0. The van der Waals surface area contributed by atoms with E-state index in [0.29, 0.717) is 0 Å². The molecule has 0 unspecified atom stereocenters. The second-order valence-corrected chi connectivity index (χ2v) is 28.7. The summed E-state index contributed by atoms with van der Waals surface area (Å²) in [5, 5.41) is 10.6. The first-order chi connectivity index (χ1) is 51.4. The molecule has 22 rings (SSSR count). The Kier molecular flexibility index (Phi) is 13.4. The molecule has 18 aromatic carbocycles. The number of hydrogen-bond donors (Lipinski definition) is 0. The van der Waals surface area contributed by atoms with Gasteiger partial charge in [-0.1, -0.05) is 340 Å². The Morgan fingerprint density at radius 2 is 0.279 bits per heavy atom. The molecule has 0 saturated carbocycles. The smallest absolute Gasteiger partial charge is 0.000763 e. The Labute approximate surface area is 606 Å². The lowest BCUT2D eigenvalue weighted by Gasteiger charge is -2.30. The Morgan fingerprint density at radius 3 is 0.490 bits per heavy atom. The Bertz CT molecular complexity index is 6050. The molecule has 4 aliphatic rings. The van der Waals surface area contributed by atoms with Crippen LogP contribution in [-0.2, 0) is 0 Å². The first-order valence-corrected chi connectivity index (χ1v) is 36.6. The Balaban J connectivity index is 0.000000145. The molecule has 484 valence electrons. The molecule has 0 bridgehead atoms. The van der Waals surface area contributed by atoms with Crippen LogP contribution in [0.25, 0.3) is 221 Å². The maximum Gasteiger partial charge on any atom is -0.000763 e. The van der Waals surface area contributed by atoms with Crippen LogP contribution in [0.4, 0.5) is 0 Å². The average Bonchev–Trinajstić information content (AvgIpc) is 1.37. The molecule has 0 heteroatoms. The topological polar surface area (TPSA) is 0 Å². The fourth-order valence-electron chi connectivity index (χ4n) is 19.1. The van der Waals surface area contributed by atoms with Crippen molar-refractivity contribution in [3.8, 4) is 178 Å². The zero-order valence-corrected chi connectivity index (χ0v) is 58.3. The second-order valence-electron chi connectivity index (χ2n) is 28.7. The first kappa shape index (κ1) is 59.8. The predicted octanol–water partition coefficient (Wildman–Crippen LogP) is 29.1. The van der Waals surface area contributed by atoms with Crippen molar-refractivity contribution in [2.45, 2.75) is 27.7 Å². The van der Waals surface area contributed by atoms with Crippen molar-refractivity contribution >= 4 is 43.1 Å². The number of benzene rings is 18. The zero-order chi connectivity index (χ0) is 69.0. The molecule has 0 saturated heterocycles. The highest BCUT2D eigenvalue weighted by Gasteiger charge is 2.34. The molecule has 4 aliphatic carbocycles. The van der Waals surface area contributed by atoms with Crippen LogP contribution < -0.4 is 0 Å². The van der Waals surface area contributed by atoms with Crippen molar-refractivity contribution in [3.05, 3.63) is 362 Å². The van der Waals surface area contributed by atoms with Gasteiger partial charge in [-0.05, 0) is 271 Å². The molecule has 0 amide bonds. The van der Waals surface area contributed by atoms with Gasteiger partial charge in [0.2, 0.25) is 0 Å². The molecule has 0 aromatic heterocycles.